The Morgan fingerprint density at radius 2 is 2.40 bits per heavy atom. The first kappa shape index (κ1) is 5.92. The van der Waals surface area contributed by atoms with Crippen LogP contribution in [0, 0.1) is 0 Å². The Bertz CT molecular complexity index is 191. The van der Waals surface area contributed by atoms with Gasteiger partial charge in [-0.3, -0.25) is 0 Å². The average Bonchev–Trinajstić information content (AvgIpc) is 2.62. The van der Waals surface area contributed by atoms with E-state index in [4.69, 9.17) is 9.47 Å². The molecule has 0 radical (unpaired) electrons. The fourth-order valence-electron chi connectivity index (χ4n) is 0.976. The minimum atomic E-state index is -0.171. The lowest BCUT2D eigenvalue weighted by Gasteiger charge is -1.86. The summed E-state index contributed by atoms with van der Waals surface area (Å²) in [7, 11) is 0. The summed E-state index contributed by atoms with van der Waals surface area (Å²) < 4.78 is 9.67. The maximum Gasteiger partial charge on any atom is 0.333 e. The maximum absolute atomic E-state index is 10.8. The van der Waals surface area contributed by atoms with Gasteiger partial charge in [0, 0.05) is 12.0 Å². The van der Waals surface area contributed by atoms with Crippen LogP contribution >= 0.6 is 0 Å². The number of carbonyl (C=O) groups excluding carboxylic acids is 1. The van der Waals surface area contributed by atoms with E-state index in [9.17, 15) is 4.79 Å². The van der Waals surface area contributed by atoms with Gasteiger partial charge in [-0.1, -0.05) is 0 Å². The zero-order valence-corrected chi connectivity index (χ0v) is 5.50. The molecule has 0 spiro atoms. The maximum atomic E-state index is 10.8. The van der Waals surface area contributed by atoms with Crippen molar-refractivity contribution >= 4 is 5.97 Å². The first-order valence-electron chi connectivity index (χ1n) is 3.36. The van der Waals surface area contributed by atoms with Crippen molar-refractivity contribution < 1.29 is 14.3 Å². The monoisotopic (exact) mass is 140 g/mol. The fraction of sp³-hybridized carbons (Fsp3) is 0.571. The van der Waals surface area contributed by atoms with E-state index >= 15 is 0 Å². The third-order valence-corrected chi connectivity index (χ3v) is 1.61. The van der Waals surface area contributed by atoms with Crippen molar-refractivity contribution in [2.45, 2.75) is 12.5 Å². The van der Waals surface area contributed by atoms with E-state index in [0.29, 0.717) is 6.61 Å². The molecular formula is C7H8O3. The molecule has 0 amide bonds. The number of ether oxygens (including phenoxy) is 2. The molecule has 2 rings (SSSR count). The van der Waals surface area contributed by atoms with Crippen molar-refractivity contribution in [3.05, 3.63) is 11.6 Å². The molecule has 2 saturated heterocycles. The molecule has 10 heavy (non-hydrogen) atoms. The highest BCUT2D eigenvalue weighted by Gasteiger charge is 2.25. The van der Waals surface area contributed by atoms with Crippen LogP contribution in [-0.2, 0) is 14.3 Å². The largest absolute Gasteiger partial charge is 0.462 e. The molecule has 0 aromatic heterocycles. The first-order chi connectivity index (χ1) is 4.86. The minimum absolute atomic E-state index is 0.171. The Morgan fingerprint density at radius 3 is 2.90 bits per heavy atom. The van der Waals surface area contributed by atoms with Gasteiger partial charge in [0.15, 0.2) is 0 Å². The lowest BCUT2D eigenvalue weighted by molar-refractivity contribution is -0.135. The molecule has 0 bridgehead atoms. The summed E-state index contributed by atoms with van der Waals surface area (Å²) in [4.78, 5) is 10.8. The summed E-state index contributed by atoms with van der Waals surface area (Å²) >= 11 is 0. The van der Waals surface area contributed by atoms with E-state index in [1.54, 1.807) is 0 Å². The second kappa shape index (κ2) is 2.09. The van der Waals surface area contributed by atoms with E-state index in [-0.39, 0.29) is 12.1 Å². The molecule has 54 valence electrons. The average molecular weight is 140 g/mol. The van der Waals surface area contributed by atoms with E-state index in [0.717, 1.165) is 18.6 Å². The summed E-state index contributed by atoms with van der Waals surface area (Å²) in [5.74, 6) is -0.171. The molecule has 2 aliphatic rings. The van der Waals surface area contributed by atoms with Crippen LogP contribution in [0.5, 0.6) is 0 Å². The quantitative estimate of drug-likeness (QED) is 0.298. The molecule has 3 heteroatoms. The van der Waals surface area contributed by atoms with Crippen LogP contribution in [0.1, 0.15) is 6.42 Å². The summed E-state index contributed by atoms with van der Waals surface area (Å²) in [6, 6.07) is 0. The van der Waals surface area contributed by atoms with Crippen molar-refractivity contribution in [2.24, 2.45) is 0 Å². The highest BCUT2D eigenvalue weighted by molar-refractivity contribution is 5.90. The Morgan fingerprint density at radius 1 is 1.60 bits per heavy atom. The Kier molecular flexibility index (Phi) is 1.24. The SMILES string of the molecule is O=C1OCC/C1=C/[C@@H]1CO1. The summed E-state index contributed by atoms with van der Waals surface area (Å²) in [6.45, 7) is 1.30. The number of epoxide rings is 1. The van der Waals surface area contributed by atoms with Gasteiger partial charge in [0.1, 0.15) is 0 Å². The third kappa shape index (κ3) is 1.04. The van der Waals surface area contributed by atoms with E-state index in [2.05, 4.69) is 0 Å². The van der Waals surface area contributed by atoms with Crippen LogP contribution in [0.25, 0.3) is 0 Å². The predicted molar refractivity (Wildman–Crippen MR) is 33.4 cm³/mol. The molecule has 0 aromatic rings. The molecule has 0 unspecified atom stereocenters. The summed E-state index contributed by atoms with van der Waals surface area (Å²) in [6.07, 6.45) is 2.80. The highest BCUT2D eigenvalue weighted by atomic mass is 16.6. The van der Waals surface area contributed by atoms with E-state index in [1.807, 2.05) is 6.08 Å². The lowest BCUT2D eigenvalue weighted by Crippen LogP contribution is -1.95. The molecule has 0 aliphatic carbocycles. The number of hydrogen-bond donors (Lipinski definition) is 0. The van der Waals surface area contributed by atoms with Crippen LogP contribution in [-0.4, -0.2) is 25.3 Å². The van der Waals surface area contributed by atoms with Gasteiger partial charge in [0.2, 0.25) is 0 Å². The zero-order valence-electron chi connectivity index (χ0n) is 5.50. The van der Waals surface area contributed by atoms with Crippen LogP contribution < -0.4 is 0 Å². The van der Waals surface area contributed by atoms with Gasteiger partial charge in [-0.25, -0.2) is 4.79 Å². The van der Waals surface area contributed by atoms with Gasteiger partial charge >= 0.3 is 5.97 Å². The molecule has 3 nitrogen and oxygen atoms in total. The smallest absolute Gasteiger partial charge is 0.333 e. The normalized spacial score (nSPS) is 34.6. The highest BCUT2D eigenvalue weighted by Crippen LogP contribution is 2.19. The second-order valence-electron chi connectivity index (χ2n) is 2.45. The second-order valence-corrected chi connectivity index (χ2v) is 2.45. The molecular weight excluding hydrogens is 132 g/mol. The summed E-state index contributed by atoms with van der Waals surface area (Å²) in [5.41, 5.74) is 0.780. The number of hydrogen-bond acceptors (Lipinski definition) is 3. The Balaban J connectivity index is 2.07. The topological polar surface area (TPSA) is 38.8 Å². The molecule has 2 heterocycles. The number of rotatable bonds is 1. The van der Waals surface area contributed by atoms with Gasteiger partial charge in [-0.15, -0.1) is 0 Å². The van der Waals surface area contributed by atoms with Crippen molar-refractivity contribution in [1.29, 1.82) is 0 Å². The molecule has 2 fully saturated rings. The van der Waals surface area contributed by atoms with Crippen molar-refractivity contribution in [3.63, 3.8) is 0 Å². The number of cyclic esters (lactones) is 1. The molecule has 2 aliphatic heterocycles. The van der Waals surface area contributed by atoms with Gasteiger partial charge < -0.3 is 9.47 Å². The number of carbonyl (C=O) groups is 1. The van der Waals surface area contributed by atoms with Crippen LogP contribution in [0.4, 0.5) is 0 Å². The molecule has 0 aromatic carbocycles. The van der Waals surface area contributed by atoms with Gasteiger partial charge in [-0.05, 0) is 6.08 Å². The van der Waals surface area contributed by atoms with Gasteiger partial charge in [0.05, 0.1) is 19.3 Å². The Labute approximate surface area is 58.6 Å². The first-order valence-corrected chi connectivity index (χ1v) is 3.36. The number of esters is 1. The standard InChI is InChI=1S/C7H8O3/c8-7-5(1-2-9-7)3-6-4-10-6/h3,6H,1-2,4H2/b5-3-/t6-/m1/s1. The lowest BCUT2D eigenvalue weighted by atomic mass is 10.2. The van der Waals surface area contributed by atoms with Crippen molar-refractivity contribution in [1.82, 2.24) is 0 Å². The van der Waals surface area contributed by atoms with Gasteiger partial charge in [-0.2, -0.15) is 0 Å². The molecule has 1 atom stereocenters. The van der Waals surface area contributed by atoms with E-state index in [1.165, 1.54) is 0 Å². The Hall–Kier alpha value is -0.830. The predicted octanol–water partition coefficient (Wildman–Crippen LogP) is 0.258. The van der Waals surface area contributed by atoms with Crippen LogP contribution in [0.15, 0.2) is 11.6 Å². The van der Waals surface area contributed by atoms with Gasteiger partial charge in [0.25, 0.3) is 0 Å². The van der Waals surface area contributed by atoms with Crippen molar-refractivity contribution in [2.75, 3.05) is 13.2 Å². The molecule has 0 N–H and O–H groups in total. The van der Waals surface area contributed by atoms with Crippen LogP contribution in [0.3, 0.4) is 0 Å². The minimum Gasteiger partial charge on any atom is -0.462 e. The fourth-order valence-corrected chi connectivity index (χ4v) is 0.976. The third-order valence-electron chi connectivity index (χ3n) is 1.61. The zero-order chi connectivity index (χ0) is 6.97. The molecule has 0 saturated carbocycles. The van der Waals surface area contributed by atoms with Crippen molar-refractivity contribution in [3.8, 4) is 0 Å². The summed E-state index contributed by atoms with van der Waals surface area (Å²) in [5, 5.41) is 0. The van der Waals surface area contributed by atoms with Crippen LogP contribution in [0.2, 0.25) is 0 Å². The van der Waals surface area contributed by atoms with E-state index < -0.39 is 0 Å².